The number of rotatable bonds is 4. The lowest BCUT2D eigenvalue weighted by atomic mass is 10.1. The van der Waals surface area contributed by atoms with E-state index in [1.165, 1.54) is 24.3 Å². The van der Waals surface area contributed by atoms with Crippen molar-refractivity contribution in [2.45, 2.75) is 26.1 Å². The van der Waals surface area contributed by atoms with Gasteiger partial charge < -0.3 is 4.74 Å². The number of carbonyl (C=O) groups excluding carboxylic acids is 1. The van der Waals surface area contributed by atoms with Crippen molar-refractivity contribution < 1.29 is 14.5 Å². The van der Waals surface area contributed by atoms with Crippen LogP contribution in [0.2, 0.25) is 0 Å². The van der Waals surface area contributed by atoms with Gasteiger partial charge in [-0.2, -0.15) is 0 Å². The summed E-state index contributed by atoms with van der Waals surface area (Å²) in [7, 11) is 0. The molecule has 1 aromatic rings. The summed E-state index contributed by atoms with van der Waals surface area (Å²) in [5.41, 5.74) is 0.498. The second kappa shape index (κ2) is 6.11. The topological polar surface area (TPSA) is 72.7 Å². The van der Waals surface area contributed by atoms with Gasteiger partial charge in [-0.25, -0.2) is 0 Å². The first kappa shape index (κ1) is 14.6. The van der Waals surface area contributed by atoms with Crippen LogP contribution in [-0.4, -0.2) is 47.4 Å². The molecule has 1 aliphatic heterocycles. The first-order valence-electron chi connectivity index (χ1n) is 6.61. The molecule has 1 fully saturated rings. The fourth-order valence-electron chi connectivity index (χ4n) is 2.48. The molecule has 2 rings (SSSR count). The van der Waals surface area contributed by atoms with Crippen LogP contribution >= 0.6 is 0 Å². The van der Waals surface area contributed by atoms with Crippen molar-refractivity contribution in [1.29, 1.82) is 0 Å². The fourth-order valence-corrected chi connectivity index (χ4v) is 2.48. The predicted octanol–water partition coefficient (Wildman–Crippen LogP) is 1.89. The van der Waals surface area contributed by atoms with Gasteiger partial charge in [0.05, 0.1) is 23.7 Å². The second-order valence-electron chi connectivity index (χ2n) is 5.18. The van der Waals surface area contributed by atoms with Crippen LogP contribution in [0.15, 0.2) is 24.3 Å². The summed E-state index contributed by atoms with van der Waals surface area (Å²) >= 11 is 0. The largest absolute Gasteiger partial charge is 0.373 e. The monoisotopic (exact) mass is 278 g/mol. The molecule has 6 heteroatoms. The van der Waals surface area contributed by atoms with Crippen molar-refractivity contribution in [2.24, 2.45) is 0 Å². The maximum Gasteiger partial charge on any atom is 0.269 e. The molecule has 108 valence electrons. The molecule has 2 atom stereocenters. The van der Waals surface area contributed by atoms with Crippen LogP contribution in [-0.2, 0) is 4.74 Å². The summed E-state index contributed by atoms with van der Waals surface area (Å²) in [5.74, 6) is -0.0267. The summed E-state index contributed by atoms with van der Waals surface area (Å²) in [5, 5.41) is 10.6. The van der Waals surface area contributed by atoms with E-state index in [0.717, 1.165) is 13.1 Å². The van der Waals surface area contributed by atoms with Gasteiger partial charge in [-0.1, -0.05) is 0 Å². The number of non-ortho nitro benzene ring substituents is 1. The second-order valence-corrected chi connectivity index (χ2v) is 5.18. The fraction of sp³-hybridized carbons (Fsp3) is 0.500. The lowest BCUT2D eigenvalue weighted by molar-refractivity contribution is -0.384. The Balaban J connectivity index is 1.99. The van der Waals surface area contributed by atoms with E-state index in [4.69, 9.17) is 4.74 Å². The lowest BCUT2D eigenvalue weighted by Gasteiger charge is -2.34. The molecule has 0 N–H and O–H groups in total. The van der Waals surface area contributed by atoms with Crippen LogP contribution < -0.4 is 0 Å². The first-order chi connectivity index (χ1) is 9.45. The molecule has 1 heterocycles. The summed E-state index contributed by atoms with van der Waals surface area (Å²) in [6.07, 6.45) is 0.229. The number of nitro benzene ring substituents is 1. The van der Waals surface area contributed by atoms with Gasteiger partial charge in [0.2, 0.25) is 0 Å². The van der Waals surface area contributed by atoms with Gasteiger partial charge in [0.15, 0.2) is 5.78 Å². The van der Waals surface area contributed by atoms with Crippen molar-refractivity contribution in [3.05, 3.63) is 39.9 Å². The molecule has 1 saturated heterocycles. The average molecular weight is 278 g/mol. The van der Waals surface area contributed by atoms with Crippen LogP contribution in [0.4, 0.5) is 5.69 Å². The van der Waals surface area contributed by atoms with E-state index < -0.39 is 4.92 Å². The summed E-state index contributed by atoms with van der Waals surface area (Å²) in [6, 6.07) is 5.73. The number of nitrogens with zero attached hydrogens (tertiary/aromatic N) is 2. The van der Waals surface area contributed by atoms with Gasteiger partial charge in [-0.3, -0.25) is 19.8 Å². The van der Waals surface area contributed by atoms with Gasteiger partial charge >= 0.3 is 0 Å². The average Bonchev–Trinajstić information content (AvgIpc) is 2.37. The molecule has 0 aromatic heterocycles. The van der Waals surface area contributed by atoms with E-state index in [-0.39, 0.29) is 23.7 Å². The van der Waals surface area contributed by atoms with Crippen LogP contribution in [0.5, 0.6) is 0 Å². The number of morpholine rings is 1. The third-order valence-electron chi connectivity index (χ3n) is 3.26. The molecule has 1 aromatic carbocycles. The zero-order chi connectivity index (χ0) is 14.7. The Hall–Kier alpha value is -1.79. The normalized spacial score (nSPS) is 23.5. The van der Waals surface area contributed by atoms with Crippen LogP contribution in [0.1, 0.15) is 24.2 Å². The van der Waals surface area contributed by atoms with E-state index in [2.05, 4.69) is 4.90 Å². The highest BCUT2D eigenvalue weighted by molar-refractivity contribution is 5.97. The minimum absolute atomic E-state index is 0.00448. The molecular weight excluding hydrogens is 260 g/mol. The molecule has 0 saturated carbocycles. The van der Waals surface area contributed by atoms with E-state index in [1.807, 2.05) is 13.8 Å². The maximum absolute atomic E-state index is 12.2. The molecule has 2 unspecified atom stereocenters. The highest BCUT2D eigenvalue weighted by Gasteiger charge is 2.24. The number of carbonyl (C=O) groups is 1. The standard InChI is InChI=1S/C14H18N2O4/c1-10-7-15(8-11(2)20-10)9-14(17)12-3-5-13(6-4-12)16(18)19/h3-6,10-11H,7-9H2,1-2H3. The smallest absolute Gasteiger partial charge is 0.269 e. The van der Waals surface area contributed by atoms with Gasteiger partial charge in [-0.05, 0) is 26.0 Å². The van der Waals surface area contributed by atoms with E-state index in [0.29, 0.717) is 12.1 Å². The minimum Gasteiger partial charge on any atom is -0.373 e. The van der Waals surface area contributed by atoms with Gasteiger partial charge in [-0.15, -0.1) is 0 Å². The number of ether oxygens (including phenoxy) is 1. The Morgan fingerprint density at radius 3 is 2.35 bits per heavy atom. The number of nitro groups is 1. The molecule has 1 aliphatic rings. The van der Waals surface area contributed by atoms with E-state index >= 15 is 0 Å². The molecule has 20 heavy (non-hydrogen) atoms. The SMILES string of the molecule is CC1CN(CC(=O)c2ccc([N+](=O)[O-])cc2)CC(C)O1. The van der Waals surface area contributed by atoms with Crippen molar-refractivity contribution >= 4 is 11.5 Å². The van der Waals surface area contributed by atoms with Gasteiger partial charge in [0.1, 0.15) is 0 Å². The zero-order valence-electron chi connectivity index (χ0n) is 11.6. The number of hydrogen-bond donors (Lipinski definition) is 0. The van der Waals surface area contributed by atoms with E-state index in [1.54, 1.807) is 0 Å². The summed E-state index contributed by atoms with van der Waals surface area (Å²) in [6.45, 7) is 5.74. The lowest BCUT2D eigenvalue weighted by Crippen LogP contribution is -2.47. The quantitative estimate of drug-likeness (QED) is 0.477. The van der Waals surface area contributed by atoms with Crippen molar-refractivity contribution in [3.63, 3.8) is 0 Å². The number of hydrogen-bond acceptors (Lipinski definition) is 5. The zero-order valence-corrected chi connectivity index (χ0v) is 11.6. The predicted molar refractivity (Wildman–Crippen MR) is 73.9 cm³/mol. The Morgan fingerprint density at radius 2 is 1.85 bits per heavy atom. The first-order valence-corrected chi connectivity index (χ1v) is 6.61. The molecular formula is C14H18N2O4. The van der Waals surface area contributed by atoms with Gasteiger partial charge in [0.25, 0.3) is 5.69 Å². The highest BCUT2D eigenvalue weighted by atomic mass is 16.6. The molecule has 0 radical (unpaired) electrons. The molecule has 0 aliphatic carbocycles. The van der Waals surface area contributed by atoms with E-state index in [9.17, 15) is 14.9 Å². The Labute approximate surface area is 117 Å². The summed E-state index contributed by atoms with van der Waals surface area (Å²) in [4.78, 5) is 24.3. The Bertz CT molecular complexity index is 490. The van der Waals surface area contributed by atoms with Crippen LogP contribution in [0.25, 0.3) is 0 Å². The van der Waals surface area contributed by atoms with Crippen LogP contribution in [0.3, 0.4) is 0 Å². The molecule has 0 bridgehead atoms. The molecule has 0 amide bonds. The molecule has 0 spiro atoms. The van der Waals surface area contributed by atoms with Crippen molar-refractivity contribution in [1.82, 2.24) is 4.90 Å². The Kier molecular flexibility index (Phi) is 4.46. The van der Waals surface area contributed by atoms with Crippen LogP contribution in [0, 0.1) is 10.1 Å². The number of benzene rings is 1. The molecule has 6 nitrogen and oxygen atoms in total. The van der Waals surface area contributed by atoms with Crippen molar-refractivity contribution in [2.75, 3.05) is 19.6 Å². The number of Topliss-reactive ketones (excluding diaryl/α,β-unsaturated/α-hetero) is 1. The van der Waals surface area contributed by atoms with Gasteiger partial charge in [0, 0.05) is 30.8 Å². The third-order valence-corrected chi connectivity index (χ3v) is 3.26. The summed E-state index contributed by atoms with van der Waals surface area (Å²) < 4.78 is 5.62. The van der Waals surface area contributed by atoms with Crippen molar-refractivity contribution in [3.8, 4) is 0 Å². The minimum atomic E-state index is -0.473. The number of ketones is 1. The highest BCUT2D eigenvalue weighted by Crippen LogP contribution is 2.14. The Morgan fingerprint density at radius 1 is 1.30 bits per heavy atom. The third kappa shape index (κ3) is 3.61. The maximum atomic E-state index is 12.2.